The highest BCUT2D eigenvalue weighted by Crippen LogP contribution is 2.30. The SMILES string of the molecule is O=C(CSc1ccc(F)c(F)c1)Nc1ccc(Cl)c(S(=O)(=O)N2CCCC2)c1. The van der Waals surface area contributed by atoms with Crippen LogP contribution in [0.25, 0.3) is 0 Å². The fourth-order valence-corrected chi connectivity index (χ4v) is 5.50. The minimum Gasteiger partial charge on any atom is -0.325 e. The molecule has 0 aromatic heterocycles. The van der Waals surface area contributed by atoms with E-state index in [4.69, 9.17) is 11.6 Å². The molecule has 0 atom stereocenters. The van der Waals surface area contributed by atoms with Crippen molar-refractivity contribution in [2.45, 2.75) is 22.6 Å². The highest BCUT2D eigenvalue weighted by atomic mass is 35.5. The zero-order valence-corrected chi connectivity index (χ0v) is 17.0. The zero-order chi connectivity index (χ0) is 20.3. The van der Waals surface area contributed by atoms with E-state index in [0.717, 1.165) is 36.7 Å². The molecular weight excluding hydrogens is 430 g/mol. The summed E-state index contributed by atoms with van der Waals surface area (Å²) in [6.07, 6.45) is 1.60. The number of benzene rings is 2. The summed E-state index contributed by atoms with van der Waals surface area (Å²) in [5.41, 5.74) is 0.290. The molecule has 1 amide bonds. The predicted octanol–water partition coefficient (Wildman–Crippen LogP) is 4.13. The largest absolute Gasteiger partial charge is 0.325 e. The molecule has 0 bridgehead atoms. The molecule has 1 aliphatic heterocycles. The number of halogens is 3. The Bertz CT molecular complexity index is 996. The zero-order valence-electron chi connectivity index (χ0n) is 14.6. The molecular formula is C18H17ClF2N2O3S2. The smallest absolute Gasteiger partial charge is 0.244 e. The van der Waals surface area contributed by atoms with Gasteiger partial charge < -0.3 is 5.32 Å². The van der Waals surface area contributed by atoms with Gasteiger partial charge in [-0.25, -0.2) is 17.2 Å². The molecule has 28 heavy (non-hydrogen) atoms. The van der Waals surface area contributed by atoms with Gasteiger partial charge in [-0.2, -0.15) is 4.31 Å². The number of carbonyl (C=O) groups excluding carboxylic acids is 1. The highest BCUT2D eigenvalue weighted by molar-refractivity contribution is 8.00. The van der Waals surface area contributed by atoms with Crippen molar-refractivity contribution in [3.05, 3.63) is 53.1 Å². The second-order valence-corrected chi connectivity index (χ2v) is 9.53. The van der Waals surface area contributed by atoms with Gasteiger partial charge in [-0.05, 0) is 49.2 Å². The van der Waals surface area contributed by atoms with Gasteiger partial charge in [0, 0.05) is 23.7 Å². The van der Waals surface area contributed by atoms with Gasteiger partial charge in [0.25, 0.3) is 0 Å². The van der Waals surface area contributed by atoms with E-state index < -0.39 is 27.6 Å². The Kier molecular flexibility index (Phi) is 6.59. The highest BCUT2D eigenvalue weighted by Gasteiger charge is 2.29. The molecule has 1 N–H and O–H groups in total. The van der Waals surface area contributed by atoms with Gasteiger partial charge in [-0.3, -0.25) is 4.79 Å². The number of hydrogen-bond donors (Lipinski definition) is 1. The summed E-state index contributed by atoms with van der Waals surface area (Å²) in [4.78, 5) is 12.5. The summed E-state index contributed by atoms with van der Waals surface area (Å²) in [6.45, 7) is 0.889. The molecule has 1 fully saturated rings. The number of carbonyl (C=O) groups is 1. The number of thioether (sulfide) groups is 1. The molecule has 10 heteroatoms. The van der Waals surface area contributed by atoms with Crippen LogP contribution < -0.4 is 5.32 Å². The van der Waals surface area contributed by atoms with E-state index in [0.29, 0.717) is 18.0 Å². The van der Waals surface area contributed by atoms with Crippen LogP contribution in [0.3, 0.4) is 0 Å². The van der Waals surface area contributed by atoms with Gasteiger partial charge in [0.1, 0.15) is 4.90 Å². The molecule has 1 heterocycles. The lowest BCUT2D eigenvalue weighted by Crippen LogP contribution is -2.28. The minimum absolute atomic E-state index is 0.0536. The first kappa shape index (κ1) is 21.0. The number of nitrogens with zero attached hydrogens (tertiary/aromatic N) is 1. The van der Waals surface area contributed by atoms with Crippen LogP contribution in [0.15, 0.2) is 46.2 Å². The van der Waals surface area contributed by atoms with Crippen LogP contribution in [-0.4, -0.2) is 37.5 Å². The Morgan fingerprint density at radius 1 is 1.11 bits per heavy atom. The fraction of sp³-hybridized carbons (Fsp3) is 0.278. The van der Waals surface area contributed by atoms with Crippen LogP contribution in [0.2, 0.25) is 5.02 Å². The average Bonchev–Trinajstić information content (AvgIpc) is 3.20. The van der Waals surface area contributed by atoms with Crippen LogP contribution >= 0.6 is 23.4 Å². The van der Waals surface area contributed by atoms with Crippen LogP contribution in [0, 0.1) is 11.6 Å². The Balaban J connectivity index is 1.68. The van der Waals surface area contributed by atoms with E-state index in [1.165, 1.54) is 28.6 Å². The maximum Gasteiger partial charge on any atom is 0.244 e. The number of sulfonamides is 1. The Morgan fingerprint density at radius 3 is 2.50 bits per heavy atom. The first-order valence-electron chi connectivity index (χ1n) is 8.45. The van der Waals surface area contributed by atoms with Gasteiger partial charge >= 0.3 is 0 Å². The Morgan fingerprint density at radius 2 is 1.82 bits per heavy atom. The Labute approximate surface area is 171 Å². The van der Waals surface area contributed by atoms with E-state index in [2.05, 4.69) is 5.32 Å². The third-order valence-corrected chi connectivity index (χ3v) is 7.53. The predicted molar refractivity (Wildman–Crippen MR) is 105 cm³/mol. The van der Waals surface area contributed by atoms with Gasteiger partial charge in [-0.1, -0.05) is 11.6 Å². The second kappa shape index (κ2) is 8.77. The number of anilines is 1. The molecule has 3 rings (SSSR count). The monoisotopic (exact) mass is 446 g/mol. The summed E-state index contributed by atoms with van der Waals surface area (Å²) in [5.74, 6) is -2.41. The van der Waals surface area contributed by atoms with Crippen molar-refractivity contribution in [3.8, 4) is 0 Å². The van der Waals surface area contributed by atoms with Gasteiger partial charge in [-0.15, -0.1) is 11.8 Å². The Hall–Kier alpha value is -1.68. The normalized spacial score (nSPS) is 15.0. The third kappa shape index (κ3) is 4.83. The van der Waals surface area contributed by atoms with Gasteiger partial charge in [0.2, 0.25) is 15.9 Å². The molecule has 1 saturated heterocycles. The molecule has 0 unspecified atom stereocenters. The lowest BCUT2D eigenvalue weighted by atomic mass is 10.3. The van der Waals surface area contributed by atoms with E-state index in [-0.39, 0.29) is 21.4 Å². The standard InChI is InChI=1S/C18H17ClF2N2O3S2/c19-14-5-3-12(9-17(14)28(25,26)23-7-1-2-8-23)22-18(24)11-27-13-4-6-15(20)16(21)10-13/h3-6,9-10H,1-2,7-8,11H2,(H,22,24). The van der Waals surface area contributed by atoms with Crippen LogP contribution in [0.4, 0.5) is 14.5 Å². The maximum atomic E-state index is 13.2. The summed E-state index contributed by atoms with van der Waals surface area (Å²) in [7, 11) is -3.72. The van der Waals surface area contributed by atoms with Crippen LogP contribution in [0.5, 0.6) is 0 Å². The van der Waals surface area contributed by atoms with Crippen molar-refractivity contribution in [2.24, 2.45) is 0 Å². The van der Waals surface area contributed by atoms with E-state index in [1.807, 2.05) is 0 Å². The third-order valence-electron chi connectivity index (χ3n) is 4.16. The van der Waals surface area contributed by atoms with Gasteiger partial charge in [0.05, 0.1) is 10.8 Å². The molecule has 0 aliphatic carbocycles. The topological polar surface area (TPSA) is 66.5 Å². The van der Waals surface area contributed by atoms with Crippen molar-refractivity contribution in [2.75, 3.05) is 24.2 Å². The lowest BCUT2D eigenvalue weighted by molar-refractivity contribution is -0.113. The van der Waals surface area contributed by atoms with Crippen molar-refractivity contribution in [1.82, 2.24) is 4.31 Å². The summed E-state index contributed by atoms with van der Waals surface area (Å²) >= 11 is 7.11. The maximum absolute atomic E-state index is 13.2. The number of amides is 1. The molecule has 5 nitrogen and oxygen atoms in total. The first-order chi connectivity index (χ1) is 13.3. The summed E-state index contributed by atoms with van der Waals surface area (Å²) < 4.78 is 53.0. The summed E-state index contributed by atoms with van der Waals surface area (Å²) in [6, 6.07) is 7.63. The number of rotatable bonds is 6. The summed E-state index contributed by atoms with van der Waals surface area (Å²) in [5, 5.41) is 2.68. The number of hydrogen-bond acceptors (Lipinski definition) is 4. The van der Waals surface area contributed by atoms with Crippen LogP contribution in [0.1, 0.15) is 12.8 Å². The van der Waals surface area contributed by atoms with Crippen molar-refractivity contribution >= 4 is 45.0 Å². The molecule has 2 aromatic rings. The number of nitrogens with one attached hydrogen (secondary N) is 1. The van der Waals surface area contributed by atoms with Crippen molar-refractivity contribution in [3.63, 3.8) is 0 Å². The molecule has 150 valence electrons. The first-order valence-corrected chi connectivity index (χ1v) is 11.2. The lowest BCUT2D eigenvalue weighted by Gasteiger charge is -2.17. The van der Waals surface area contributed by atoms with Gasteiger partial charge in [0.15, 0.2) is 11.6 Å². The molecule has 0 spiro atoms. The minimum atomic E-state index is -3.72. The van der Waals surface area contributed by atoms with Crippen molar-refractivity contribution in [1.29, 1.82) is 0 Å². The molecule has 0 radical (unpaired) electrons. The van der Waals surface area contributed by atoms with E-state index >= 15 is 0 Å². The van der Waals surface area contributed by atoms with Crippen molar-refractivity contribution < 1.29 is 22.0 Å². The molecule has 2 aromatic carbocycles. The van der Waals surface area contributed by atoms with Crippen LogP contribution in [-0.2, 0) is 14.8 Å². The fourth-order valence-electron chi connectivity index (χ4n) is 2.76. The second-order valence-electron chi connectivity index (χ2n) is 6.17. The average molecular weight is 447 g/mol. The molecule has 0 saturated carbocycles. The van der Waals surface area contributed by atoms with E-state index in [1.54, 1.807) is 0 Å². The van der Waals surface area contributed by atoms with E-state index in [9.17, 15) is 22.0 Å². The quantitative estimate of drug-likeness (QED) is 0.677. The molecule has 1 aliphatic rings.